The topological polar surface area (TPSA) is 40.5 Å². The first-order chi connectivity index (χ1) is 9.56. The van der Waals surface area contributed by atoms with Crippen molar-refractivity contribution in [3.05, 3.63) is 35.1 Å². The van der Waals surface area contributed by atoms with Gasteiger partial charge in [0, 0.05) is 19.6 Å². The lowest BCUT2D eigenvalue weighted by Crippen LogP contribution is -2.24. The number of aliphatic carboxylic acids is 1. The van der Waals surface area contributed by atoms with Crippen molar-refractivity contribution in [2.24, 2.45) is 17.8 Å². The lowest BCUT2D eigenvalue weighted by molar-refractivity contribution is -0.142. The van der Waals surface area contributed by atoms with Gasteiger partial charge in [0.1, 0.15) is 5.82 Å². The highest BCUT2D eigenvalue weighted by Gasteiger charge is 2.45. The van der Waals surface area contributed by atoms with Crippen molar-refractivity contribution in [1.29, 1.82) is 0 Å². The Kier molecular flexibility index (Phi) is 3.50. The summed E-state index contributed by atoms with van der Waals surface area (Å²) in [6.07, 6.45) is 2.34. The van der Waals surface area contributed by atoms with Crippen molar-refractivity contribution >= 4 is 5.97 Å². The summed E-state index contributed by atoms with van der Waals surface area (Å²) in [5.74, 6) is -0.247. The second kappa shape index (κ2) is 5.17. The molecule has 1 aliphatic carbocycles. The SMILES string of the molecule is Cc1c(F)cccc1CN1C[C@H](C(=O)O)[C@@H](C2CC2)C1. The molecule has 0 unspecified atom stereocenters. The molecule has 1 aromatic rings. The fraction of sp³-hybridized carbons (Fsp3) is 0.562. The van der Waals surface area contributed by atoms with Gasteiger partial charge in [0.2, 0.25) is 0 Å². The van der Waals surface area contributed by atoms with E-state index < -0.39 is 5.97 Å². The highest BCUT2D eigenvalue weighted by Crippen LogP contribution is 2.44. The van der Waals surface area contributed by atoms with Crippen LogP contribution in [0.5, 0.6) is 0 Å². The second-order valence-corrected chi connectivity index (χ2v) is 6.16. The third-order valence-corrected chi connectivity index (χ3v) is 4.76. The predicted octanol–water partition coefficient (Wildman–Crippen LogP) is 2.68. The largest absolute Gasteiger partial charge is 0.481 e. The zero-order valence-corrected chi connectivity index (χ0v) is 11.7. The minimum atomic E-state index is -0.680. The van der Waals surface area contributed by atoms with E-state index in [-0.39, 0.29) is 17.7 Å². The molecule has 0 bridgehead atoms. The van der Waals surface area contributed by atoms with Crippen LogP contribution in [0.25, 0.3) is 0 Å². The average Bonchev–Trinajstić information content (AvgIpc) is 3.16. The van der Waals surface area contributed by atoms with Gasteiger partial charge in [-0.1, -0.05) is 12.1 Å². The third-order valence-electron chi connectivity index (χ3n) is 4.76. The Hall–Kier alpha value is -1.42. The first-order valence-electron chi connectivity index (χ1n) is 7.25. The van der Waals surface area contributed by atoms with Crippen LogP contribution in [-0.2, 0) is 11.3 Å². The van der Waals surface area contributed by atoms with E-state index in [1.807, 2.05) is 6.07 Å². The quantitative estimate of drug-likeness (QED) is 0.920. The Labute approximate surface area is 118 Å². The van der Waals surface area contributed by atoms with E-state index in [0.29, 0.717) is 24.6 Å². The summed E-state index contributed by atoms with van der Waals surface area (Å²) in [4.78, 5) is 13.5. The number of benzene rings is 1. The Morgan fingerprint density at radius 2 is 2.15 bits per heavy atom. The molecular formula is C16H20FNO2. The van der Waals surface area contributed by atoms with Gasteiger partial charge in [-0.3, -0.25) is 9.69 Å². The van der Waals surface area contributed by atoms with Crippen LogP contribution in [0.3, 0.4) is 0 Å². The van der Waals surface area contributed by atoms with E-state index in [2.05, 4.69) is 4.90 Å². The van der Waals surface area contributed by atoms with Crippen LogP contribution < -0.4 is 0 Å². The molecule has 1 aliphatic heterocycles. The molecule has 0 radical (unpaired) electrons. The van der Waals surface area contributed by atoms with Crippen LogP contribution in [0.2, 0.25) is 0 Å². The summed E-state index contributed by atoms with van der Waals surface area (Å²) < 4.78 is 13.6. The van der Waals surface area contributed by atoms with E-state index in [1.165, 1.54) is 18.9 Å². The smallest absolute Gasteiger partial charge is 0.308 e. The third kappa shape index (κ3) is 2.57. The molecule has 1 saturated carbocycles. The molecule has 1 saturated heterocycles. The Morgan fingerprint density at radius 1 is 1.40 bits per heavy atom. The zero-order chi connectivity index (χ0) is 14.3. The fourth-order valence-corrected chi connectivity index (χ4v) is 3.37. The van der Waals surface area contributed by atoms with E-state index in [1.54, 1.807) is 13.0 Å². The molecule has 1 aromatic carbocycles. The van der Waals surface area contributed by atoms with Gasteiger partial charge in [0.15, 0.2) is 0 Å². The van der Waals surface area contributed by atoms with Crippen molar-refractivity contribution in [3.8, 4) is 0 Å². The van der Waals surface area contributed by atoms with Gasteiger partial charge in [0.25, 0.3) is 0 Å². The fourth-order valence-electron chi connectivity index (χ4n) is 3.37. The van der Waals surface area contributed by atoms with Crippen molar-refractivity contribution in [2.45, 2.75) is 26.3 Å². The molecule has 1 N–H and O–H groups in total. The van der Waals surface area contributed by atoms with Gasteiger partial charge in [-0.25, -0.2) is 4.39 Å². The second-order valence-electron chi connectivity index (χ2n) is 6.16. The number of hydrogen-bond donors (Lipinski definition) is 1. The van der Waals surface area contributed by atoms with Gasteiger partial charge in [-0.2, -0.15) is 0 Å². The number of halogens is 1. The van der Waals surface area contributed by atoms with E-state index in [9.17, 15) is 14.3 Å². The monoisotopic (exact) mass is 277 g/mol. The van der Waals surface area contributed by atoms with Crippen molar-refractivity contribution in [3.63, 3.8) is 0 Å². The van der Waals surface area contributed by atoms with Crippen molar-refractivity contribution < 1.29 is 14.3 Å². The maximum Gasteiger partial charge on any atom is 0.308 e. The van der Waals surface area contributed by atoms with Crippen molar-refractivity contribution in [1.82, 2.24) is 4.90 Å². The molecule has 2 fully saturated rings. The maximum atomic E-state index is 13.6. The van der Waals surface area contributed by atoms with Crippen molar-refractivity contribution in [2.75, 3.05) is 13.1 Å². The zero-order valence-electron chi connectivity index (χ0n) is 11.7. The van der Waals surface area contributed by atoms with Crippen LogP contribution in [0.1, 0.15) is 24.0 Å². The van der Waals surface area contributed by atoms with Crippen LogP contribution in [0.4, 0.5) is 4.39 Å². The van der Waals surface area contributed by atoms with Crippen LogP contribution in [0, 0.1) is 30.5 Å². The highest BCUT2D eigenvalue weighted by atomic mass is 19.1. The lowest BCUT2D eigenvalue weighted by atomic mass is 9.92. The molecule has 0 amide bonds. The average molecular weight is 277 g/mol. The summed E-state index contributed by atoms with van der Waals surface area (Å²) in [5.41, 5.74) is 1.64. The molecule has 3 nitrogen and oxygen atoms in total. The number of nitrogens with zero attached hydrogens (tertiary/aromatic N) is 1. The predicted molar refractivity (Wildman–Crippen MR) is 73.8 cm³/mol. The number of likely N-dealkylation sites (tertiary alicyclic amines) is 1. The minimum absolute atomic E-state index is 0.185. The Balaban J connectivity index is 1.72. The molecule has 3 rings (SSSR count). The maximum absolute atomic E-state index is 13.6. The molecule has 108 valence electrons. The Morgan fingerprint density at radius 3 is 2.80 bits per heavy atom. The summed E-state index contributed by atoms with van der Waals surface area (Å²) in [6, 6.07) is 5.12. The summed E-state index contributed by atoms with van der Waals surface area (Å²) >= 11 is 0. The van der Waals surface area contributed by atoms with Crippen LogP contribution in [0.15, 0.2) is 18.2 Å². The first-order valence-corrected chi connectivity index (χ1v) is 7.25. The van der Waals surface area contributed by atoms with Gasteiger partial charge >= 0.3 is 5.97 Å². The van der Waals surface area contributed by atoms with Crippen LogP contribution >= 0.6 is 0 Å². The van der Waals surface area contributed by atoms with E-state index in [4.69, 9.17) is 0 Å². The number of hydrogen-bond acceptors (Lipinski definition) is 2. The van der Waals surface area contributed by atoms with E-state index >= 15 is 0 Å². The van der Waals surface area contributed by atoms with Gasteiger partial charge in [0.05, 0.1) is 5.92 Å². The minimum Gasteiger partial charge on any atom is -0.481 e. The molecule has 0 spiro atoms. The van der Waals surface area contributed by atoms with Gasteiger partial charge in [-0.05, 0) is 48.8 Å². The Bertz CT molecular complexity index is 527. The summed E-state index contributed by atoms with van der Waals surface area (Å²) in [6.45, 7) is 3.86. The summed E-state index contributed by atoms with van der Waals surface area (Å²) in [7, 11) is 0. The lowest BCUT2D eigenvalue weighted by Gasteiger charge is -2.17. The molecule has 2 aliphatic rings. The summed E-state index contributed by atoms with van der Waals surface area (Å²) in [5, 5.41) is 9.36. The molecule has 0 aromatic heterocycles. The molecular weight excluding hydrogens is 257 g/mol. The number of rotatable bonds is 4. The van der Waals surface area contributed by atoms with Gasteiger partial charge in [-0.15, -0.1) is 0 Å². The van der Waals surface area contributed by atoms with Crippen LogP contribution in [-0.4, -0.2) is 29.1 Å². The highest BCUT2D eigenvalue weighted by molar-refractivity contribution is 5.71. The number of carboxylic acid groups (broad SMARTS) is 1. The normalized spacial score (nSPS) is 26.9. The molecule has 1 heterocycles. The molecule has 2 atom stereocenters. The first kappa shape index (κ1) is 13.6. The standard InChI is InChI=1S/C16H20FNO2/c1-10-12(3-2-4-15(10)17)7-18-8-13(11-5-6-11)14(9-18)16(19)20/h2-4,11,13-14H,5-9H2,1H3,(H,19,20)/t13-,14+/m1/s1. The number of carboxylic acids is 1. The van der Waals surface area contributed by atoms with Gasteiger partial charge < -0.3 is 5.11 Å². The van der Waals surface area contributed by atoms with E-state index in [0.717, 1.165) is 12.1 Å². The molecule has 4 heteroatoms. The molecule has 20 heavy (non-hydrogen) atoms. The number of carbonyl (C=O) groups is 1.